The number of fused-ring (bicyclic) bond motifs is 1. The minimum atomic E-state index is -0.289. The van der Waals surface area contributed by atoms with Gasteiger partial charge in [0.1, 0.15) is 11.5 Å². The molecule has 0 aliphatic carbocycles. The number of rotatable bonds is 1. The van der Waals surface area contributed by atoms with E-state index in [2.05, 4.69) is 4.98 Å². The Balaban J connectivity index is 2.22. The van der Waals surface area contributed by atoms with Crippen molar-refractivity contribution in [2.45, 2.75) is 0 Å². The Morgan fingerprint density at radius 2 is 1.88 bits per heavy atom. The van der Waals surface area contributed by atoms with Gasteiger partial charge in [0, 0.05) is 23.6 Å². The fourth-order valence-corrected chi connectivity index (χ4v) is 1.82. The predicted octanol–water partition coefficient (Wildman–Crippen LogP) is 2.72. The Kier molecular flexibility index (Phi) is 2.08. The number of halogens is 1. The molecule has 0 saturated heterocycles. The van der Waals surface area contributed by atoms with Gasteiger partial charge in [0.2, 0.25) is 0 Å². The van der Waals surface area contributed by atoms with Crippen LogP contribution in [0, 0.1) is 5.82 Å². The molecule has 3 nitrogen and oxygen atoms in total. The van der Waals surface area contributed by atoms with Crippen LogP contribution in [0.3, 0.4) is 0 Å². The molecular formula is C13H10FN3. The minimum Gasteiger partial charge on any atom is -0.398 e. The Bertz CT molecular complexity index is 688. The van der Waals surface area contributed by atoms with Crippen molar-refractivity contribution in [3.05, 3.63) is 54.6 Å². The quantitative estimate of drug-likeness (QED) is 0.649. The van der Waals surface area contributed by atoms with E-state index in [1.165, 1.54) is 12.3 Å². The summed E-state index contributed by atoms with van der Waals surface area (Å²) in [6.45, 7) is 0. The Labute approximate surface area is 97.3 Å². The van der Waals surface area contributed by atoms with E-state index in [0.29, 0.717) is 11.3 Å². The lowest BCUT2D eigenvalue weighted by Gasteiger charge is -1.99. The second-order valence-corrected chi connectivity index (χ2v) is 3.83. The molecule has 1 aromatic carbocycles. The highest BCUT2D eigenvalue weighted by atomic mass is 19.1. The molecule has 0 atom stereocenters. The van der Waals surface area contributed by atoms with E-state index in [4.69, 9.17) is 5.73 Å². The van der Waals surface area contributed by atoms with Gasteiger partial charge >= 0.3 is 0 Å². The fourth-order valence-electron chi connectivity index (χ4n) is 1.82. The van der Waals surface area contributed by atoms with Gasteiger partial charge in [-0.15, -0.1) is 0 Å². The Morgan fingerprint density at radius 3 is 2.71 bits per heavy atom. The maximum atomic E-state index is 13.1. The van der Waals surface area contributed by atoms with E-state index < -0.39 is 0 Å². The smallest absolute Gasteiger partial charge is 0.139 e. The fraction of sp³-hybridized carbons (Fsp3) is 0. The summed E-state index contributed by atoms with van der Waals surface area (Å²) in [4.78, 5) is 4.40. The molecule has 0 radical (unpaired) electrons. The number of hydrogen-bond donors (Lipinski definition) is 1. The normalized spacial score (nSPS) is 10.9. The van der Waals surface area contributed by atoms with Gasteiger partial charge in [-0.1, -0.05) is 18.2 Å². The molecule has 2 N–H and O–H groups in total. The van der Waals surface area contributed by atoms with Gasteiger partial charge in [-0.3, -0.25) is 0 Å². The van der Waals surface area contributed by atoms with Crippen molar-refractivity contribution in [1.29, 1.82) is 0 Å². The van der Waals surface area contributed by atoms with Gasteiger partial charge in [-0.05, 0) is 18.2 Å². The summed E-state index contributed by atoms with van der Waals surface area (Å²) in [5.41, 5.74) is 8.85. The molecular weight excluding hydrogens is 217 g/mol. The van der Waals surface area contributed by atoms with Crippen molar-refractivity contribution in [3.8, 4) is 11.3 Å². The zero-order chi connectivity index (χ0) is 11.8. The van der Waals surface area contributed by atoms with E-state index >= 15 is 0 Å². The van der Waals surface area contributed by atoms with E-state index in [0.717, 1.165) is 11.3 Å². The third kappa shape index (κ3) is 1.63. The zero-order valence-electron chi connectivity index (χ0n) is 8.97. The van der Waals surface area contributed by atoms with Gasteiger partial charge in [0.05, 0.1) is 5.69 Å². The summed E-state index contributed by atoms with van der Waals surface area (Å²) in [6, 6.07) is 10.5. The standard InChI is InChI=1S/C13H10FN3/c14-9-5-6-13-16-12(8-17(13)7-9)10-3-1-2-4-11(10)15/h1-8H,15H2. The summed E-state index contributed by atoms with van der Waals surface area (Å²) in [7, 11) is 0. The number of pyridine rings is 1. The van der Waals surface area contributed by atoms with Crippen LogP contribution < -0.4 is 5.73 Å². The van der Waals surface area contributed by atoms with E-state index in [-0.39, 0.29) is 5.82 Å². The second kappa shape index (κ2) is 3.59. The first kappa shape index (κ1) is 9.84. The third-order valence-electron chi connectivity index (χ3n) is 2.65. The highest BCUT2D eigenvalue weighted by Crippen LogP contribution is 2.24. The predicted molar refractivity (Wildman–Crippen MR) is 65.0 cm³/mol. The van der Waals surface area contributed by atoms with Crippen LogP contribution in [0.2, 0.25) is 0 Å². The molecule has 2 heterocycles. The topological polar surface area (TPSA) is 43.3 Å². The number of benzene rings is 1. The van der Waals surface area contributed by atoms with Crippen molar-refractivity contribution in [2.75, 3.05) is 5.73 Å². The number of nitrogens with zero attached hydrogens (tertiary/aromatic N) is 2. The third-order valence-corrected chi connectivity index (χ3v) is 2.65. The van der Waals surface area contributed by atoms with Crippen molar-refractivity contribution in [2.24, 2.45) is 0 Å². The summed E-state index contributed by atoms with van der Waals surface area (Å²) in [6.07, 6.45) is 3.16. The van der Waals surface area contributed by atoms with Crippen molar-refractivity contribution < 1.29 is 4.39 Å². The maximum absolute atomic E-state index is 13.1. The van der Waals surface area contributed by atoms with Crippen LogP contribution in [0.4, 0.5) is 10.1 Å². The van der Waals surface area contributed by atoms with Crippen LogP contribution in [0.1, 0.15) is 0 Å². The number of para-hydroxylation sites is 1. The van der Waals surface area contributed by atoms with Gasteiger partial charge in [0.25, 0.3) is 0 Å². The molecule has 3 aromatic rings. The maximum Gasteiger partial charge on any atom is 0.139 e. The van der Waals surface area contributed by atoms with Crippen LogP contribution >= 0.6 is 0 Å². The van der Waals surface area contributed by atoms with Gasteiger partial charge < -0.3 is 10.1 Å². The molecule has 4 heteroatoms. The van der Waals surface area contributed by atoms with Crippen molar-refractivity contribution in [3.63, 3.8) is 0 Å². The molecule has 17 heavy (non-hydrogen) atoms. The number of anilines is 1. The molecule has 84 valence electrons. The van der Waals surface area contributed by atoms with E-state index in [9.17, 15) is 4.39 Å². The summed E-state index contributed by atoms with van der Waals surface area (Å²) < 4.78 is 14.7. The first-order chi connectivity index (χ1) is 8.24. The van der Waals surface area contributed by atoms with E-state index in [1.54, 1.807) is 16.7 Å². The molecule has 0 aliphatic rings. The van der Waals surface area contributed by atoms with Crippen molar-refractivity contribution >= 4 is 11.3 Å². The first-order valence-corrected chi connectivity index (χ1v) is 5.23. The lowest BCUT2D eigenvalue weighted by atomic mass is 10.1. The highest BCUT2D eigenvalue weighted by Gasteiger charge is 2.07. The average molecular weight is 227 g/mol. The molecule has 0 aliphatic heterocycles. The minimum absolute atomic E-state index is 0.289. The number of hydrogen-bond acceptors (Lipinski definition) is 2. The number of aromatic nitrogens is 2. The van der Waals surface area contributed by atoms with Crippen LogP contribution in [0.5, 0.6) is 0 Å². The molecule has 3 rings (SSSR count). The zero-order valence-corrected chi connectivity index (χ0v) is 8.97. The van der Waals surface area contributed by atoms with Gasteiger partial charge in [-0.25, -0.2) is 9.37 Å². The number of imidazole rings is 1. The Hall–Kier alpha value is -2.36. The SMILES string of the molecule is Nc1ccccc1-c1cn2cc(F)ccc2n1. The lowest BCUT2D eigenvalue weighted by molar-refractivity contribution is 0.619. The van der Waals surface area contributed by atoms with Crippen LogP contribution in [-0.4, -0.2) is 9.38 Å². The van der Waals surface area contributed by atoms with Crippen LogP contribution in [-0.2, 0) is 0 Å². The molecule has 0 amide bonds. The van der Waals surface area contributed by atoms with Crippen LogP contribution in [0.15, 0.2) is 48.8 Å². The van der Waals surface area contributed by atoms with Crippen LogP contribution in [0.25, 0.3) is 16.9 Å². The second-order valence-electron chi connectivity index (χ2n) is 3.83. The summed E-state index contributed by atoms with van der Waals surface area (Å²) >= 11 is 0. The summed E-state index contributed by atoms with van der Waals surface area (Å²) in [5.74, 6) is -0.289. The summed E-state index contributed by atoms with van der Waals surface area (Å²) in [5, 5.41) is 0. The lowest BCUT2D eigenvalue weighted by Crippen LogP contribution is -1.88. The Morgan fingerprint density at radius 1 is 1.06 bits per heavy atom. The molecule has 0 saturated carbocycles. The number of nitrogen functional groups attached to an aromatic ring is 1. The van der Waals surface area contributed by atoms with Crippen molar-refractivity contribution in [1.82, 2.24) is 9.38 Å². The molecule has 0 unspecified atom stereocenters. The van der Waals surface area contributed by atoms with E-state index in [1.807, 2.05) is 24.3 Å². The van der Waals surface area contributed by atoms with Gasteiger partial charge in [-0.2, -0.15) is 0 Å². The monoisotopic (exact) mass is 227 g/mol. The largest absolute Gasteiger partial charge is 0.398 e. The molecule has 0 spiro atoms. The highest BCUT2D eigenvalue weighted by molar-refractivity contribution is 5.74. The first-order valence-electron chi connectivity index (χ1n) is 5.23. The average Bonchev–Trinajstić information content (AvgIpc) is 2.72. The molecule has 0 fully saturated rings. The number of nitrogens with two attached hydrogens (primary N) is 1. The molecule has 0 bridgehead atoms. The molecule has 2 aromatic heterocycles. The van der Waals surface area contributed by atoms with Gasteiger partial charge in [0.15, 0.2) is 0 Å².